The number of nitrogens with zero attached hydrogens (tertiary/aromatic N) is 2. The summed E-state index contributed by atoms with van der Waals surface area (Å²) in [5, 5.41) is 20.8. The van der Waals surface area contributed by atoms with E-state index >= 15 is 0 Å². The Hall–Kier alpha value is -4.25. The fourth-order valence-corrected chi connectivity index (χ4v) is 4.60. The second-order valence-corrected chi connectivity index (χ2v) is 9.86. The van der Waals surface area contributed by atoms with Crippen molar-refractivity contribution in [3.63, 3.8) is 0 Å². The van der Waals surface area contributed by atoms with Crippen molar-refractivity contribution in [2.75, 3.05) is 32.8 Å². The van der Waals surface area contributed by atoms with Crippen LogP contribution in [-0.4, -0.2) is 70.8 Å². The van der Waals surface area contributed by atoms with Crippen molar-refractivity contribution in [1.82, 2.24) is 10.1 Å². The first-order valence-corrected chi connectivity index (χ1v) is 13.4. The molecule has 1 fully saturated rings. The number of ether oxygens (including phenoxy) is 2. The first-order chi connectivity index (χ1) is 19.6. The lowest BCUT2D eigenvalue weighted by Crippen LogP contribution is -2.37. The van der Waals surface area contributed by atoms with Gasteiger partial charge in [-0.3, -0.25) is 4.79 Å². The molecule has 0 saturated carbocycles. The third kappa shape index (κ3) is 9.42. The van der Waals surface area contributed by atoms with Gasteiger partial charge in [0.2, 0.25) is 0 Å². The maximum Gasteiger partial charge on any atom is 0.328 e. The largest absolute Gasteiger partial charge is 0.490 e. The number of likely N-dealkylation sites (tertiary alicyclic amines) is 1. The average molecular weight is 571 g/mol. The molecule has 0 bridgehead atoms. The van der Waals surface area contributed by atoms with Crippen LogP contribution in [0.25, 0.3) is 11.0 Å². The van der Waals surface area contributed by atoms with E-state index in [1.807, 2.05) is 13.0 Å². The number of Topliss-reactive ketones (excluding diaryl/α,β-unsaturated/α-hetero) is 1. The molecule has 11 heteroatoms. The van der Waals surface area contributed by atoms with E-state index < -0.39 is 11.9 Å². The predicted molar refractivity (Wildman–Crippen MR) is 149 cm³/mol. The highest BCUT2D eigenvalue weighted by atomic mass is 19.1. The summed E-state index contributed by atoms with van der Waals surface area (Å²) < 4.78 is 30.5. The lowest BCUT2D eigenvalue weighted by Gasteiger charge is -2.32. The van der Waals surface area contributed by atoms with Crippen molar-refractivity contribution in [2.45, 2.75) is 39.5 Å². The van der Waals surface area contributed by atoms with Crippen LogP contribution in [0.4, 0.5) is 4.39 Å². The van der Waals surface area contributed by atoms with Crippen molar-refractivity contribution in [3.05, 3.63) is 65.6 Å². The number of benzene rings is 2. The molecule has 2 heterocycles. The molecule has 41 heavy (non-hydrogen) atoms. The number of hydrogen-bond acceptors (Lipinski definition) is 8. The number of aromatic nitrogens is 1. The van der Waals surface area contributed by atoms with Crippen molar-refractivity contribution in [1.29, 1.82) is 0 Å². The zero-order valence-electron chi connectivity index (χ0n) is 23.3. The molecule has 0 aliphatic carbocycles. The van der Waals surface area contributed by atoms with Crippen LogP contribution in [0, 0.1) is 11.7 Å². The van der Waals surface area contributed by atoms with Crippen molar-refractivity contribution in [3.8, 4) is 11.5 Å². The lowest BCUT2D eigenvalue weighted by molar-refractivity contribution is -0.134. The molecular weight excluding hydrogens is 535 g/mol. The number of carboxylic acid groups (broad SMARTS) is 2. The number of carbonyl (C=O) groups excluding carboxylic acids is 1. The number of piperidine rings is 1. The molecule has 10 nitrogen and oxygen atoms in total. The van der Waals surface area contributed by atoms with E-state index in [9.17, 15) is 18.8 Å². The Morgan fingerprint density at radius 1 is 1.07 bits per heavy atom. The van der Waals surface area contributed by atoms with Gasteiger partial charge in [-0.15, -0.1) is 0 Å². The van der Waals surface area contributed by atoms with E-state index in [1.54, 1.807) is 25.1 Å². The number of aliphatic carboxylic acids is 2. The van der Waals surface area contributed by atoms with Crippen LogP contribution in [0.1, 0.15) is 55.6 Å². The van der Waals surface area contributed by atoms with Crippen LogP contribution in [-0.2, 0) is 9.59 Å². The molecule has 2 N–H and O–H groups in total. The molecule has 1 aliphatic heterocycles. The quantitative estimate of drug-likeness (QED) is 0.234. The van der Waals surface area contributed by atoms with E-state index in [1.165, 1.54) is 12.1 Å². The minimum absolute atomic E-state index is 0.00468. The summed E-state index contributed by atoms with van der Waals surface area (Å²) >= 11 is 0. The summed E-state index contributed by atoms with van der Waals surface area (Å²) in [6.45, 7) is 9.60. The van der Waals surface area contributed by atoms with Crippen LogP contribution >= 0.6 is 0 Å². The van der Waals surface area contributed by atoms with Gasteiger partial charge in [0.1, 0.15) is 5.82 Å². The Balaban J connectivity index is 0.000000507. The van der Waals surface area contributed by atoms with Gasteiger partial charge >= 0.3 is 11.9 Å². The monoisotopic (exact) mass is 570 g/mol. The number of hydrogen-bond donors (Lipinski definition) is 2. The van der Waals surface area contributed by atoms with E-state index in [0.717, 1.165) is 43.6 Å². The highest BCUT2D eigenvalue weighted by Gasteiger charge is 2.26. The Morgan fingerprint density at radius 3 is 2.37 bits per heavy atom. The molecule has 3 aromatic rings. The fraction of sp³-hybridized carbons (Fsp3) is 0.400. The molecule has 1 saturated heterocycles. The van der Waals surface area contributed by atoms with Crippen LogP contribution in [0.3, 0.4) is 0 Å². The smallest absolute Gasteiger partial charge is 0.328 e. The van der Waals surface area contributed by atoms with Gasteiger partial charge in [-0.1, -0.05) is 12.1 Å². The van der Waals surface area contributed by atoms with Gasteiger partial charge in [0.15, 0.2) is 22.9 Å². The predicted octanol–water partition coefficient (Wildman–Crippen LogP) is 5.17. The fourth-order valence-electron chi connectivity index (χ4n) is 4.60. The molecule has 1 aromatic heterocycles. The van der Waals surface area contributed by atoms with Crippen LogP contribution in [0.5, 0.6) is 11.5 Å². The number of rotatable bonds is 11. The SMILES string of the molecule is CCOc1cc(C(C)=O)ccc1OC[C@H](C)CN1CCC(c2noc3cc(F)ccc23)CC1.O=C(O)/C=C/C(=O)O. The van der Waals surface area contributed by atoms with E-state index in [-0.39, 0.29) is 11.6 Å². The second kappa shape index (κ2) is 14.9. The Morgan fingerprint density at radius 2 is 1.76 bits per heavy atom. The zero-order chi connectivity index (χ0) is 29.9. The van der Waals surface area contributed by atoms with Gasteiger partial charge in [-0.25, -0.2) is 14.0 Å². The Labute approximate surface area is 237 Å². The van der Waals surface area contributed by atoms with Gasteiger partial charge < -0.3 is 29.1 Å². The molecule has 0 unspecified atom stereocenters. The van der Waals surface area contributed by atoms with E-state index in [4.69, 9.17) is 24.2 Å². The van der Waals surface area contributed by atoms with Gasteiger partial charge in [0.25, 0.3) is 0 Å². The third-order valence-electron chi connectivity index (χ3n) is 6.55. The summed E-state index contributed by atoms with van der Waals surface area (Å²) in [5.41, 5.74) is 2.08. The summed E-state index contributed by atoms with van der Waals surface area (Å²) in [5.74, 6) is -0.878. The van der Waals surface area contributed by atoms with Crippen LogP contribution in [0.15, 0.2) is 53.1 Å². The molecule has 0 radical (unpaired) electrons. The maximum atomic E-state index is 13.4. The molecular formula is C30H35FN2O8. The van der Waals surface area contributed by atoms with Crippen molar-refractivity contribution >= 4 is 28.7 Å². The maximum absolute atomic E-state index is 13.4. The minimum atomic E-state index is -1.26. The first kappa shape index (κ1) is 31.3. The number of ketones is 1. The average Bonchev–Trinajstić information content (AvgIpc) is 3.35. The highest BCUT2D eigenvalue weighted by Crippen LogP contribution is 2.33. The first-order valence-electron chi connectivity index (χ1n) is 13.4. The standard InChI is InChI=1S/C26H31FN2O4.C4H4O4/c1-4-31-25-13-20(18(3)30)5-8-23(25)32-16-17(2)15-29-11-9-19(10-12-29)26-22-7-6-21(27)14-24(22)33-28-26;5-3(6)1-2-4(7)8/h5-8,13-14,17,19H,4,9-12,15-16H2,1-3H3;1-2H,(H,5,6)(H,7,8)/b;2-1+/t17-;/m1./s1. The molecule has 0 spiro atoms. The number of halogens is 1. The summed E-state index contributed by atoms with van der Waals surface area (Å²) in [6, 6.07) is 9.96. The molecule has 0 amide bonds. The highest BCUT2D eigenvalue weighted by molar-refractivity contribution is 5.94. The molecule has 2 aromatic carbocycles. The number of fused-ring (bicyclic) bond motifs is 1. The van der Waals surface area contributed by atoms with Crippen LogP contribution in [0.2, 0.25) is 0 Å². The summed E-state index contributed by atoms with van der Waals surface area (Å²) in [4.78, 5) is 33.2. The van der Waals surface area contributed by atoms with Crippen molar-refractivity contribution in [2.24, 2.45) is 5.92 Å². The lowest BCUT2D eigenvalue weighted by atomic mass is 9.91. The normalized spacial score (nSPS) is 14.8. The van der Waals surface area contributed by atoms with Gasteiger partial charge in [-0.05, 0) is 70.1 Å². The third-order valence-corrected chi connectivity index (χ3v) is 6.55. The Bertz CT molecular complexity index is 1360. The minimum Gasteiger partial charge on any atom is -0.490 e. The van der Waals surface area contributed by atoms with Gasteiger partial charge in [-0.2, -0.15) is 0 Å². The number of carboxylic acids is 2. The second-order valence-electron chi connectivity index (χ2n) is 9.86. The van der Waals surface area contributed by atoms with Gasteiger partial charge in [0.05, 0.1) is 18.9 Å². The van der Waals surface area contributed by atoms with Crippen molar-refractivity contribution < 1.29 is 43.0 Å². The summed E-state index contributed by atoms with van der Waals surface area (Å²) in [6.07, 6.45) is 3.10. The molecule has 1 atom stereocenters. The van der Waals surface area contributed by atoms with Crippen LogP contribution < -0.4 is 9.47 Å². The topological polar surface area (TPSA) is 139 Å². The van der Waals surface area contributed by atoms with Gasteiger partial charge in [0, 0.05) is 47.5 Å². The zero-order valence-corrected chi connectivity index (χ0v) is 23.3. The molecule has 220 valence electrons. The molecule has 4 rings (SSSR count). The Kier molecular flexibility index (Phi) is 11.4. The van der Waals surface area contributed by atoms with E-state index in [0.29, 0.717) is 59.8 Å². The molecule has 1 aliphatic rings. The summed E-state index contributed by atoms with van der Waals surface area (Å²) in [7, 11) is 0. The van der Waals surface area contributed by atoms with E-state index in [2.05, 4.69) is 17.0 Å². The number of carbonyl (C=O) groups is 3.